The molecule has 1 heterocycles. The summed E-state index contributed by atoms with van der Waals surface area (Å²) < 4.78 is 0. The molecule has 0 radical (unpaired) electrons. The highest BCUT2D eigenvalue weighted by molar-refractivity contribution is 5.90. The highest BCUT2D eigenvalue weighted by atomic mass is 16.2. The summed E-state index contributed by atoms with van der Waals surface area (Å²) in [5.74, 6) is 0.144. The van der Waals surface area contributed by atoms with Crippen LogP contribution in [0.3, 0.4) is 0 Å². The third kappa shape index (κ3) is 2.12. The van der Waals surface area contributed by atoms with E-state index in [1.54, 1.807) is 0 Å². The van der Waals surface area contributed by atoms with Crippen molar-refractivity contribution >= 4 is 11.8 Å². The predicted molar refractivity (Wildman–Crippen MR) is 60.7 cm³/mol. The molecule has 0 aromatic carbocycles. The first kappa shape index (κ1) is 11.9. The second-order valence-electron chi connectivity index (χ2n) is 5.14. The molecule has 0 aromatic rings. The molecular weight excluding hydrogens is 218 g/mol. The van der Waals surface area contributed by atoms with E-state index in [-0.39, 0.29) is 18.4 Å². The summed E-state index contributed by atoms with van der Waals surface area (Å²) in [6.45, 7) is 3.31. The Morgan fingerprint density at radius 3 is 2.88 bits per heavy atom. The minimum Gasteiger partial charge on any atom is -0.354 e. The number of nitrogens with one attached hydrogen (secondary N) is 1. The highest BCUT2D eigenvalue weighted by Gasteiger charge is 2.50. The van der Waals surface area contributed by atoms with Crippen LogP contribution >= 0.6 is 0 Å². The van der Waals surface area contributed by atoms with Crippen LogP contribution in [0.4, 0.5) is 0 Å². The Balaban J connectivity index is 2.08. The number of hydrogen-bond acceptors (Lipinski definition) is 3. The van der Waals surface area contributed by atoms with Crippen molar-refractivity contribution in [3.63, 3.8) is 0 Å². The second kappa shape index (κ2) is 4.36. The fourth-order valence-corrected chi connectivity index (χ4v) is 2.73. The molecule has 0 aromatic heterocycles. The molecule has 92 valence electrons. The van der Waals surface area contributed by atoms with Crippen molar-refractivity contribution in [2.75, 3.05) is 19.6 Å². The van der Waals surface area contributed by atoms with Crippen molar-refractivity contribution in [1.29, 1.82) is 5.26 Å². The van der Waals surface area contributed by atoms with Crippen LogP contribution in [0.5, 0.6) is 0 Å². The minimum absolute atomic E-state index is 0.0939. The SMILES string of the molecule is CC1CC(C#N)(C(=O)N2CCCNC(=O)C2)C1. The van der Waals surface area contributed by atoms with Crippen molar-refractivity contribution in [3.8, 4) is 6.07 Å². The average molecular weight is 235 g/mol. The molecule has 1 saturated carbocycles. The van der Waals surface area contributed by atoms with E-state index in [2.05, 4.69) is 11.4 Å². The van der Waals surface area contributed by atoms with Crippen LogP contribution in [0.15, 0.2) is 0 Å². The van der Waals surface area contributed by atoms with Gasteiger partial charge in [0.1, 0.15) is 5.41 Å². The fourth-order valence-electron chi connectivity index (χ4n) is 2.73. The van der Waals surface area contributed by atoms with E-state index in [0.29, 0.717) is 31.8 Å². The second-order valence-corrected chi connectivity index (χ2v) is 5.14. The van der Waals surface area contributed by atoms with Gasteiger partial charge in [-0.15, -0.1) is 0 Å². The van der Waals surface area contributed by atoms with Crippen LogP contribution < -0.4 is 5.32 Å². The summed E-state index contributed by atoms with van der Waals surface area (Å²) in [5.41, 5.74) is -0.857. The van der Waals surface area contributed by atoms with E-state index in [1.807, 2.05) is 6.92 Å². The van der Waals surface area contributed by atoms with Gasteiger partial charge in [0.2, 0.25) is 11.8 Å². The van der Waals surface area contributed by atoms with Gasteiger partial charge in [-0.05, 0) is 25.2 Å². The monoisotopic (exact) mass is 235 g/mol. The molecule has 0 spiro atoms. The lowest BCUT2D eigenvalue weighted by Gasteiger charge is -2.41. The van der Waals surface area contributed by atoms with Crippen molar-refractivity contribution in [3.05, 3.63) is 0 Å². The number of amides is 2. The van der Waals surface area contributed by atoms with Gasteiger partial charge in [-0.2, -0.15) is 5.26 Å². The van der Waals surface area contributed by atoms with Crippen LogP contribution in [0, 0.1) is 22.7 Å². The Morgan fingerprint density at radius 1 is 1.59 bits per heavy atom. The molecule has 17 heavy (non-hydrogen) atoms. The zero-order valence-electron chi connectivity index (χ0n) is 10.0. The van der Waals surface area contributed by atoms with E-state index in [0.717, 1.165) is 6.42 Å². The molecule has 1 N–H and O–H groups in total. The Hall–Kier alpha value is -1.57. The molecule has 5 heteroatoms. The zero-order valence-corrected chi connectivity index (χ0v) is 10.0. The Kier molecular flexibility index (Phi) is 3.05. The molecular formula is C12H17N3O2. The molecule has 1 aliphatic heterocycles. The van der Waals surface area contributed by atoms with E-state index < -0.39 is 5.41 Å². The molecule has 2 aliphatic rings. The maximum Gasteiger partial charge on any atom is 0.243 e. The maximum atomic E-state index is 12.3. The number of carbonyl (C=O) groups is 2. The molecule has 5 nitrogen and oxygen atoms in total. The number of hydrogen-bond donors (Lipinski definition) is 1. The van der Waals surface area contributed by atoms with Gasteiger partial charge in [-0.1, -0.05) is 6.92 Å². The quantitative estimate of drug-likeness (QED) is 0.709. The molecule has 0 bridgehead atoms. The van der Waals surface area contributed by atoms with E-state index >= 15 is 0 Å². The first-order chi connectivity index (χ1) is 8.07. The minimum atomic E-state index is -0.857. The normalized spacial score (nSPS) is 33.1. The van der Waals surface area contributed by atoms with Crippen molar-refractivity contribution in [2.24, 2.45) is 11.3 Å². The Morgan fingerprint density at radius 2 is 2.29 bits per heavy atom. The molecule has 1 aliphatic carbocycles. The van der Waals surface area contributed by atoms with Crippen LogP contribution in [-0.2, 0) is 9.59 Å². The highest BCUT2D eigenvalue weighted by Crippen LogP contribution is 2.46. The maximum absolute atomic E-state index is 12.3. The van der Waals surface area contributed by atoms with E-state index in [9.17, 15) is 14.9 Å². The number of rotatable bonds is 1. The van der Waals surface area contributed by atoms with E-state index in [4.69, 9.17) is 0 Å². The first-order valence-corrected chi connectivity index (χ1v) is 6.05. The molecule has 2 amide bonds. The summed E-state index contributed by atoms with van der Waals surface area (Å²) in [4.78, 5) is 25.2. The summed E-state index contributed by atoms with van der Waals surface area (Å²) in [6.07, 6.45) is 2.01. The third-order valence-corrected chi connectivity index (χ3v) is 3.57. The first-order valence-electron chi connectivity index (χ1n) is 6.05. The van der Waals surface area contributed by atoms with Crippen LogP contribution in [-0.4, -0.2) is 36.3 Å². The lowest BCUT2D eigenvalue weighted by molar-refractivity contribution is -0.147. The topological polar surface area (TPSA) is 73.2 Å². The van der Waals surface area contributed by atoms with Crippen LogP contribution in [0.2, 0.25) is 0 Å². The summed E-state index contributed by atoms with van der Waals surface area (Å²) >= 11 is 0. The van der Waals surface area contributed by atoms with Crippen LogP contribution in [0.1, 0.15) is 26.2 Å². The largest absolute Gasteiger partial charge is 0.354 e. The molecule has 2 fully saturated rings. The van der Waals surface area contributed by atoms with Crippen molar-refractivity contribution < 1.29 is 9.59 Å². The number of nitriles is 1. The average Bonchev–Trinajstić information content (AvgIpc) is 2.48. The fraction of sp³-hybridized carbons (Fsp3) is 0.750. The van der Waals surface area contributed by atoms with Crippen LogP contribution in [0.25, 0.3) is 0 Å². The summed E-state index contributed by atoms with van der Waals surface area (Å²) in [6, 6.07) is 2.15. The molecule has 2 rings (SSSR count). The molecule has 0 atom stereocenters. The van der Waals surface area contributed by atoms with Gasteiger partial charge in [0.05, 0.1) is 12.6 Å². The molecule has 1 saturated heterocycles. The smallest absolute Gasteiger partial charge is 0.243 e. The zero-order chi connectivity index (χ0) is 12.5. The summed E-state index contributed by atoms with van der Waals surface area (Å²) in [7, 11) is 0. The van der Waals surface area contributed by atoms with Gasteiger partial charge in [-0.25, -0.2) is 0 Å². The Labute approximate surface area is 101 Å². The Bertz CT molecular complexity index is 380. The third-order valence-electron chi connectivity index (χ3n) is 3.57. The van der Waals surface area contributed by atoms with Gasteiger partial charge >= 0.3 is 0 Å². The van der Waals surface area contributed by atoms with Gasteiger partial charge in [0, 0.05) is 13.1 Å². The molecule has 0 unspecified atom stereocenters. The van der Waals surface area contributed by atoms with Crippen molar-refractivity contribution in [2.45, 2.75) is 26.2 Å². The summed E-state index contributed by atoms with van der Waals surface area (Å²) in [5, 5.41) is 11.9. The van der Waals surface area contributed by atoms with Gasteiger partial charge in [0.25, 0.3) is 0 Å². The predicted octanol–water partition coefficient (Wildman–Crippen LogP) is 0.275. The van der Waals surface area contributed by atoms with Gasteiger partial charge in [0.15, 0.2) is 0 Å². The van der Waals surface area contributed by atoms with E-state index in [1.165, 1.54) is 4.90 Å². The lowest BCUT2D eigenvalue weighted by atomic mass is 9.62. The number of carbonyl (C=O) groups excluding carboxylic acids is 2. The number of nitrogens with zero attached hydrogens (tertiary/aromatic N) is 2. The van der Waals surface area contributed by atoms with Gasteiger partial charge in [-0.3, -0.25) is 9.59 Å². The van der Waals surface area contributed by atoms with Crippen molar-refractivity contribution in [1.82, 2.24) is 10.2 Å². The van der Waals surface area contributed by atoms with Gasteiger partial charge < -0.3 is 10.2 Å². The lowest BCUT2D eigenvalue weighted by Crippen LogP contribution is -2.51. The standard InChI is InChI=1S/C12H17N3O2/c1-9-5-12(6-9,8-13)11(17)15-4-2-3-14-10(16)7-15/h9H,2-7H2,1H3,(H,14,16).